The van der Waals surface area contributed by atoms with Crippen molar-refractivity contribution in [3.8, 4) is 0 Å². The van der Waals surface area contributed by atoms with Crippen molar-refractivity contribution < 1.29 is 13.0 Å². The first-order chi connectivity index (χ1) is 3.06. The Balaban J connectivity index is 3.84. The molecule has 0 aromatic rings. The van der Waals surface area contributed by atoms with Crippen molar-refractivity contribution in [1.29, 1.82) is 0 Å². The highest BCUT2D eigenvalue weighted by Crippen LogP contribution is 1.80. The predicted molar refractivity (Wildman–Crippen MR) is 24.7 cm³/mol. The lowest BCUT2D eigenvalue weighted by atomic mass is 10.8. The highest BCUT2D eigenvalue weighted by atomic mass is 32.2. The van der Waals surface area contributed by atoms with E-state index < -0.39 is 15.9 Å². The van der Waals surface area contributed by atoms with Crippen molar-refractivity contribution in [2.75, 3.05) is 5.75 Å². The van der Waals surface area contributed by atoms with Crippen LogP contribution in [-0.2, 0) is 14.7 Å². The van der Waals surface area contributed by atoms with Crippen molar-refractivity contribution >= 4 is 10.1 Å². The molecular weight excluding hydrogens is 116 g/mol. The van der Waals surface area contributed by atoms with E-state index in [1.165, 1.54) is 0 Å². The summed E-state index contributed by atoms with van der Waals surface area (Å²) >= 11 is 0. The molecule has 0 rings (SSSR count). The fourth-order valence-corrected chi connectivity index (χ4v) is 0.433. The van der Waals surface area contributed by atoms with Gasteiger partial charge in [-0.2, -0.15) is 8.42 Å². The van der Waals surface area contributed by atoms with E-state index in [4.69, 9.17) is 0 Å². The summed E-state index contributed by atoms with van der Waals surface area (Å²) in [6.07, 6.45) is 1.06. The van der Waals surface area contributed by atoms with E-state index in [2.05, 4.69) is 6.58 Å². The van der Waals surface area contributed by atoms with Gasteiger partial charge in [0.1, 0.15) is 0 Å². The average Bonchev–Trinajstić information content (AvgIpc) is 1.30. The Morgan fingerprint density at radius 1 is 1.57 bits per heavy atom. The summed E-state index contributed by atoms with van der Waals surface area (Å²) in [4.78, 5) is 0. The van der Waals surface area contributed by atoms with Gasteiger partial charge in [-0.3, -0.25) is 0 Å². The zero-order valence-electron chi connectivity index (χ0n) is 3.62. The van der Waals surface area contributed by atoms with Gasteiger partial charge in [0.25, 0.3) is 10.1 Å². The summed E-state index contributed by atoms with van der Waals surface area (Å²) in [5.74, 6) is -0.479. The van der Waals surface area contributed by atoms with Crippen LogP contribution in [0.2, 0.25) is 0 Å². The standard InChI is InChI=1S/C3H5O3S/c1-2-3-7(4,5)6/h2H,1,3H2. The first-order valence-corrected chi connectivity index (χ1v) is 3.18. The van der Waals surface area contributed by atoms with Crippen molar-refractivity contribution in [3.63, 3.8) is 0 Å². The molecular formula is C3H5O3S. The predicted octanol–water partition coefficient (Wildman–Crippen LogP) is -0.0673. The van der Waals surface area contributed by atoms with Crippen LogP contribution in [0.1, 0.15) is 0 Å². The quantitative estimate of drug-likeness (QED) is 0.480. The minimum absolute atomic E-state index is 0.479. The van der Waals surface area contributed by atoms with Gasteiger partial charge in [0.15, 0.2) is 0 Å². The number of hydrogen-bond acceptors (Lipinski definition) is 2. The Bertz CT molecular complexity index is 144. The molecule has 0 aromatic carbocycles. The van der Waals surface area contributed by atoms with E-state index >= 15 is 0 Å². The maximum atomic E-state index is 9.60. The van der Waals surface area contributed by atoms with E-state index in [9.17, 15) is 13.0 Å². The van der Waals surface area contributed by atoms with Crippen LogP contribution in [0.3, 0.4) is 0 Å². The van der Waals surface area contributed by atoms with Gasteiger partial charge < -0.3 is 0 Å². The van der Waals surface area contributed by atoms with Gasteiger partial charge in [0.05, 0.1) is 5.75 Å². The lowest BCUT2D eigenvalue weighted by Crippen LogP contribution is -1.97. The van der Waals surface area contributed by atoms with Crippen LogP contribution in [0.25, 0.3) is 0 Å². The molecule has 3 nitrogen and oxygen atoms in total. The maximum Gasteiger partial charge on any atom is 0.298 e. The molecule has 0 aliphatic rings. The molecule has 0 aliphatic heterocycles. The molecule has 0 unspecified atom stereocenters. The topological polar surface area (TPSA) is 54.0 Å². The van der Waals surface area contributed by atoms with Crippen molar-refractivity contribution in [2.45, 2.75) is 0 Å². The first-order valence-electron chi connectivity index (χ1n) is 1.61. The maximum absolute atomic E-state index is 9.60. The second kappa shape index (κ2) is 2.09. The third kappa shape index (κ3) is 5.65. The summed E-state index contributed by atoms with van der Waals surface area (Å²) in [7, 11) is -4.04. The molecule has 0 N–H and O–H groups in total. The molecule has 0 fully saturated rings. The normalized spacial score (nSPS) is 11.0. The Kier molecular flexibility index (Phi) is 1.98. The van der Waals surface area contributed by atoms with Crippen LogP contribution in [0.4, 0.5) is 0 Å². The Morgan fingerprint density at radius 3 is 2.00 bits per heavy atom. The molecule has 7 heavy (non-hydrogen) atoms. The van der Waals surface area contributed by atoms with Gasteiger partial charge in [-0.05, 0) is 0 Å². The zero-order valence-corrected chi connectivity index (χ0v) is 4.44. The highest BCUT2D eigenvalue weighted by Gasteiger charge is 1.99. The van der Waals surface area contributed by atoms with Crippen LogP contribution in [0, 0.1) is 0 Å². The van der Waals surface area contributed by atoms with Gasteiger partial charge in [-0.1, -0.05) is 10.6 Å². The zero-order chi connectivity index (χ0) is 5.91. The minimum Gasteiger partial charge on any atom is -0.197 e. The van der Waals surface area contributed by atoms with Crippen molar-refractivity contribution in [1.82, 2.24) is 0 Å². The largest absolute Gasteiger partial charge is 0.298 e. The van der Waals surface area contributed by atoms with Gasteiger partial charge in [-0.15, -0.1) is 6.58 Å². The van der Waals surface area contributed by atoms with E-state index in [1.807, 2.05) is 0 Å². The fourth-order valence-electron chi connectivity index (χ4n) is 0.144. The summed E-state index contributed by atoms with van der Waals surface area (Å²) in [5.41, 5.74) is 0. The molecule has 1 radical (unpaired) electrons. The molecule has 0 aliphatic carbocycles. The molecule has 0 amide bonds. The first kappa shape index (κ1) is 6.65. The average molecular weight is 121 g/mol. The lowest BCUT2D eigenvalue weighted by molar-refractivity contribution is 0.417. The van der Waals surface area contributed by atoms with Crippen molar-refractivity contribution in [3.05, 3.63) is 12.7 Å². The van der Waals surface area contributed by atoms with E-state index in [-0.39, 0.29) is 0 Å². The number of hydrogen-bond donors (Lipinski definition) is 0. The molecule has 0 aromatic heterocycles. The van der Waals surface area contributed by atoms with Crippen molar-refractivity contribution in [2.24, 2.45) is 0 Å². The Hall–Kier alpha value is -0.350. The Morgan fingerprint density at radius 2 is 2.00 bits per heavy atom. The second-order valence-electron chi connectivity index (χ2n) is 1.01. The SMILES string of the molecule is C=CCS([O])(=O)=O. The molecule has 0 heterocycles. The van der Waals surface area contributed by atoms with Gasteiger partial charge in [0.2, 0.25) is 0 Å². The van der Waals surface area contributed by atoms with E-state index in [1.54, 1.807) is 0 Å². The lowest BCUT2D eigenvalue weighted by Gasteiger charge is -1.78. The summed E-state index contributed by atoms with van der Waals surface area (Å²) in [6, 6.07) is 0. The van der Waals surface area contributed by atoms with Crippen LogP contribution in [0.5, 0.6) is 0 Å². The molecule has 0 saturated carbocycles. The van der Waals surface area contributed by atoms with Crippen LogP contribution in [0.15, 0.2) is 12.7 Å². The molecule has 0 saturated heterocycles. The summed E-state index contributed by atoms with van der Waals surface area (Å²) in [5, 5.41) is 0. The fraction of sp³-hybridized carbons (Fsp3) is 0.333. The van der Waals surface area contributed by atoms with Gasteiger partial charge in [0, 0.05) is 0 Å². The Labute approximate surface area is 42.4 Å². The third-order valence-electron chi connectivity index (χ3n) is 0.322. The molecule has 0 spiro atoms. The second-order valence-corrected chi connectivity index (χ2v) is 2.46. The van der Waals surface area contributed by atoms with E-state index in [0.717, 1.165) is 6.08 Å². The smallest absolute Gasteiger partial charge is 0.197 e. The van der Waals surface area contributed by atoms with Crippen LogP contribution < -0.4 is 0 Å². The monoisotopic (exact) mass is 121 g/mol. The molecule has 0 atom stereocenters. The van der Waals surface area contributed by atoms with Crippen LogP contribution >= 0.6 is 0 Å². The number of rotatable bonds is 2. The third-order valence-corrected chi connectivity index (χ3v) is 0.966. The summed E-state index contributed by atoms with van der Waals surface area (Å²) < 4.78 is 28.8. The van der Waals surface area contributed by atoms with Crippen LogP contribution in [-0.4, -0.2) is 14.2 Å². The molecule has 41 valence electrons. The van der Waals surface area contributed by atoms with Gasteiger partial charge in [-0.25, -0.2) is 0 Å². The summed E-state index contributed by atoms with van der Waals surface area (Å²) in [6.45, 7) is 3.07. The molecule has 4 heteroatoms. The van der Waals surface area contributed by atoms with E-state index in [0.29, 0.717) is 0 Å². The minimum atomic E-state index is -4.04. The van der Waals surface area contributed by atoms with Gasteiger partial charge >= 0.3 is 0 Å². The molecule has 0 bridgehead atoms. The highest BCUT2D eigenvalue weighted by molar-refractivity contribution is 7.85.